The molecule has 2 unspecified atom stereocenters. The first kappa shape index (κ1) is 14.6. The predicted octanol–water partition coefficient (Wildman–Crippen LogP) is 0.0827. The van der Waals surface area contributed by atoms with E-state index < -0.39 is 0 Å². The predicted molar refractivity (Wildman–Crippen MR) is 85.9 cm³/mol. The Morgan fingerprint density at radius 1 is 1.27 bits per heavy atom. The second-order valence-corrected chi connectivity index (χ2v) is 5.58. The highest BCUT2D eigenvalue weighted by atomic mass is 16.2. The average molecular weight is 299 g/mol. The van der Waals surface area contributed by atoms with Crippen LogP contribution in [0, 0.1) is 5.92 Å². The molecule has 2 atom stereocenters. The SMILES string of the molecule is NC1=NC2NC=C(CNCCCc3ccccc3)C2C(=O)N1. The van der Waals surface area contributed by atoms with Crippen LogP contribution in [0.3, 0.4) is 0 Å². The van der Waals surface area contributed by atoms with Crippen molar-refractivity contribution in [2.75, 3.05) is 13.1 Å². The minimum atomic E-state index is -0.256. The first-order valence-corrected chi connectivity index (χ1v) is 7.58. The van der Waals surface area contributed by atoms with Crippen LogP contribution in [0.2, 0.25) is 0 Å². The number of nitrogens with zero attached hydrogens (tertiary/aromatic N) is 1. The number of amides is 1. The van der Waals surface area contributed by atoms with E-state index in [1.165, 1.54) is 5.56 Å². The molecule has 1 aromatic rings. The normalized spacial score (nSPS) is 23.2. The quantitative estimate of drug-likeness (QED) is 0.560. The van der Waals surface area contributed by atoms with Gasteiger partial charge in [-0.05, 0) is 36.7 Å². The molecule has 1 amide bonds. The summed E-state index contributed by atoms with van der Waals surface area (Å²) in [6.45, 7) is 1.60. The molecule has 22 heavy (non-hydrogen) atoms. The standard InChI is InChI=1S/C16H21N5O/c17-16-20-14-13(15(22)21-16)12(10-19-14)9-18-8-4-7-11-5-2-1-3-6-11/h1-3,5-6,10,13-14,18-19H,4,7-9H2,(H3,17,20,21,22). The van der Waals surface area contributed by atoms with Gasteiger partial charge in [0.1, 0.15) is 12.1 Å². The van der Waals surface area contributed by atoms with Crippen molar-refractivity contribution in [3.8, 4) is 0 Å². The highest BCUT2D eigenvalue weighted by Gasteiger charge is 2.38. The summed E-state index contributed by atoms with van der Waals surface area (Å²) in [4.78, 5) is 16.2. The van der Waals surface area contributed by atoms with Crippen LogP contribution in [0.25, 0.3) is 0 Å². The Labute approximate surface area is 129 Å². The Morgan fingerprint density at radius 2 is 2.09 bits per heavy atom. The smallest absolute Gasteiger partial charge is 0.238 e. The van der Waals surface area contributed by atoms with Crippen molar-refractivity contribution in [1.82, 2.24) is 16.0 Å². The lowest BCUT2D eigenvalue weighted by molar-refractivity contribution is -0.123. The van der Waals surface area contributed by atoms with Gasteiger partial charge in [-0.15, -0.1) is 0 Å². The molecule has 6 nitrogen and oxygen atoms in total. The van der Waals surface area contributed by atoms with Crippen LogP contribution in [0.1, 0.15) is 12.0 Å². The number of nitrogens with one attached hydrogen (secondary N) is 3. The Morgan fingerprint density at radius 3 is 2.91 bits per heavy atom. The first-order valence-electron chi connectivity index (χ1n) is 7.58. The van der Waals surface area contributed by atoms with E-state index in [9.17, 15) is 4.79 Å². The molecule has 0 radical (unpaired) electrons. The lowest BCUT2D eigenvalue weighted by Gasteiger charge is -2.24. The lowest BCUT2D eigenvalue weighted by Crippen LogP contribution is -2.51. The van der Waals surface area contributed by atoms with Gasteiger partial charge in [-0.3, -0.25) is 10.1 Å². The van der Waals surface area contributed by atoms with Crippen molar-refractivity contribution in [2.45, 2.75) is 19.0 Å². The van der Waals surface area contributed by atoms with E-state index in [1.807, 2.05) is 12.3 Å². The monoisotopic (exact) mass is 299 g/mol. The number of fused-ring (bicyclic) bond motifs is 1. The van der Waals surface area contributed by atoms with Crippen LogP contribution in [-0.4, -0.2) is 31.1 Å². The second kappa shape index (κ2) is 6.62. The third-order valence-corrected chi connectivity index (χ3v) is 3.96. The minimum Gasteiger partial charge on any atom is -0.370 e. The van der Waals surface area contributed by atoms with Gasteiger partial charge >= 0.3 is 0 Å². The molecular weight excluding hydrogens is 278 g/mol. The van der Waals surface area contributed by atoms with Gasteiger partial charge in [-0.1, -0.05) is 30.3 Å². The summed E-state index contributed by atoms with van der Waals surface area (Å²) < 4.78 is 0. The molecule has 0 bridgehead atoms. The third-order valence-electron chi connectivity index (χ3n) is 3.96. The number of carbonyl (C=O) groups is 1. The van der Waals surface area contributed by atoms with E-state index in [4.69, 9.17) is 5.73 Å². The first-order chi connectivity index (χ1) is 10.7. The molecule has 0 aliphatic carbocycles. The largest absolute Gasteiger partial charge is 0.370 e. The van der Waals surface area contributed by atoms with Gasteiger partial charge < -0.3 is 16.4 Å². The molecule has 5 N–H and O–H groups in total. The number of guanidine groups is 1. The fourth-order valence-electron chi connectivity index (χ4n) is 2.85. The van der Waals surface area contributed by atoms with Crippen LogP contribution < -0.4 is 21.7 Å². The molecule has 0 saturated carbocycles. The number of benzene rings is 1. The van der Waals surface area contributed by atoms with E-state index in [2.05, 4.69) is 45.2 Å². The van der Waals surface area contributed by atoms with E-state index in [-0.39, 0.29) is 24.0 Å². The van der Waals surface area contributed by atoms with Crippen LogP contribution >= 0.6 is 0 Å². The molecule has 0 spiro atoms. The van der Waals surface area contributed by atoms with Gasteiger partial charge in [0, 0.05) is 6.54 Å². The summed E-state index contributed by atoms with van der Waals surface area (Å²) in [5.41, 5.74) is 7.94. The zero-order chi connectivity index (χ0) is 15.4. The van der Waals surface area contributed by atoms with Gasteiger partial charge in [0.2, 0.25) is 5.91 Å². The Hall–Kier alpha value is -2.34. The van der Waals surface area contributed by atoms with Gasteiger partial charge in [0.05, 0.1) is 0 Å². The second-order valence-electron chi connectivity index (χ2n) is 5.58. The Kier molecular flexibility index (Phi) is 4.39. The topological polar surface area (TPSA) is 91.5 Å². The molecule has 6 heteroatoms. The molecule has 2 aliphatic rings. The van der Waals surface area contributed by atoms with Crippen molar-refractivity contribution in [3.63, 3.8) is 0 Å². The van der Waals surface area contributed by atoms with Crippen LogP contribution in [-0.2, 0) is 11.2 Å². The van der Waals surface area contributed by atoms with Gasteiger partial charge in [-0.25, -0.2) is 4.99 Å². The number of hydrogen-bond donors (Lipinski definition) is 4. The van der Waals surface area contributed by atoms with Crippen LogP contribution in [0.15, 0.2) is 47.1 Å². The van der Waals surface area contributed by atoms with E-state index in [0.29, 0.717) is 6.54 Å². The Balaban J connectivity index is 1.42. The fourth-order valence-corrected chi connectivity index (χ4v) is 2.85. The number of rotatable bonds is 6. The maximum absolute atomic E-state index is 12.0. The molecule has 3 rings (SSSR count). The highest BCUT2D eigenvalue weighted by molar-refractivity contribution is 6.01. The summed E-state index contributed by atoms with van der Waals surface area (Å²) in [6.07, 6.45) is 3.74. The van der Waals surface area contributed by atoms with Crippen molar-refractivity contribution in [2.24, 2.45) is 16.6 Å². The highest BCUT2D eigenvalue weighted by Crippen LogP contribution is 2.23. The minimum absolute atomic E-state index is 0.0835. The zero-order valence-electron chi connectivity index (χ0n) is 12.4. The summed E-state index contributed by atoms with van der Waals surface area (Å²) in [5, 5.41) is 9.08. The number of aryl methyl sites for hydroxylation is 1. The molecule has 116 valence electrons. The van der Waals surface area contributed by atoms with E-state index >= 15 is 0 Å². The maximum Gasteiger partial charge on any atom is 0.238 e. The number of aliphatic imine (C=N–C) groups is 1. The summed E-state index contributed by atoms with van der Waals surface area (Å²) in [6, 6.07) is 10.4. The number of carbonyl (C=O) groups excluding carboxylic acids is 1. The van der Waals surface area contributed by atoms with Gasteiger partial charge in [0.15, 0.2) is 5.96 Å². The third kappa shape index (κ3) is 3.28. The van der Waals surface area contributed by atoms with Crippen molar-refractivity contribution in [1.29, 1.82) is 0 Å². The average Bonchev–Trinajstić information content (AvgIpc) is 2.91. The summed E-state index contributed by atoms with van der Waals surface area (Å²) in [7, 11) is 0. The van der Waals surface area contributed by atoms with Gasteiger partial charge in [-0.2, -0.15) is 0 Å². The Bertz CT molecular complexity index is 596. The fraction of sp³-hybridized carbons (Fsp3) is 0.375. The maximum atomic E-state index is 12.0. The molecule has 0 aromatic heterocycles. The summed E-state index contributed by atoms with van der Waals surface area (Å²) in [5.74, 6) is -0.155. The van der Waals surface area contributed by atoms with Crippen molar-refractivity contribution < 1.29 is 4.79 Å². The molecular formula is C16H21N5O. The van der Waals surface area contributed by atoms with E-state index in [0.717, 1.165) is 25.0 Å². The molecule has 1 aromatic carbocycles. The van der Waals surface area contributed by atoms with Crippen molar-refractivity contribution >= 4 is 11.9 Å². The molecule has 0 fully saturated rings. The van der Waals surface area contributed by atoms with Crippen LogP contribution in [0.5, 0.6) is 0 Å². The zero-order valence-corrected chi connectivity index (χ0v) is 12.4. The van der Waals surface area contributed by atoms with Gasteiger partial charge in [0.25, 0.3) is 0 Å². The molecule has 0 saturated heterocycles. The van der Waals surface area contributed by atoms with Crippen molar-refractivity contribution in [3.05, 3.63) is 47.7 Å². The van der Waals surface area contributed by atoms with Crippen LogP contribution in [0.4, 0.5) is 0 Å². The lowest BCUT2D eigenvalue weighted by atomic mass is 9.97. The summed E-state index contributed by atoms with van der Waals surface area (Å²) >= 11 is 0. The number of hydrogen-bond acceptors (Lipinski definition) is 5. The molecule has 2 aliphatic heterocycles. The number of nitrogens with two attached hydrogens (primary N) is 1. The van der Waals surface area contributed by atoms with E-state index in [1.54, 1.807) is 0 Å². The molecule has 2 heterocycles.